The first-order valence-corrected chi connectivity index (χ1v) is 10.3. The van der Waals surface area contributed by atoms with Gasteiger partial charge in [0.25, 0.3) is 0 Å². The molecule has 0 aliphatic carbocycles. The molecule has 0 amide bonds. The maximum absolute atomic E-state index is 12.5. The standard InChI is InChI=1S/C18H19ClN2O4S/c19-15-6-7-18(20-12-15)25-16-8-10-21(11-9-16)26(23,24)13-17(22)14-4-2-1-3-5-14/h1-7,12,16H,8-11,13H2. The number of carbonyl (C=O) groups is 1. The van der Waals surface area contributed by atoms with Gasteiger partial charge >= 0.3 is 0 Å². The summed E-state index contributed by atoms with van der Waals surface area (Å²) >= 11 is 5.79. The Morgan fingerprint density at radius 3 is 2.46 bits per heavy atom. The predicted octanol–water partition coefficient (Wildman–Crippen LogP) is 2.79. The SMILES string of the molecule is O=C(CS(=O)(=O)N1CCC(Oc2ccc(Cl)cn2)CC1)c1ccccc1. The Kier molecular flexibility index (Phi) is 5.90. The van der Waals surface area contributed by atoms with E-state index in [0.29, 0.717) is 42.4 Å². The van der Waals surface area contributed by atoms with Crippen LogP contribution in [-0.4, -0.2) is 48.4 Å². The summed E-state index contributed by atoms with van der Waals surface area (Å²) in [4.78, 5) is 16.3. The first-order valence-electron chi connectivity index (χ1n) is 8.28. The van der Waals surface area contributed by atoms with E-state index in [-0.39, 0.29) is 6.10 Å². The number of nitrogens with zero attached hydrogens (tertiary/aromatic N) is 2. The number of rotatable bonds is 6. The van der Waals surface area contributed by atoms with E-state index >= 15 is 0 Å². The summed E-state index contributed by atoms with van der Waals surface area (Å²) in [6.45, 7) is 0.644. The number of carbonyl (C=O) groups excluding carboxylic acids is 1. The van der Waals surface area contributed by atoms with Gasteiger partial charge in [-0.15, -0.1) is 0 Å². The third kappa shape index (κ3) is 4.81. The van der Waals surface area contributed by atoms with Crippen LogP contribution in [0.5, 0.6) is 5.88 Å². The molecular weight excluding hydrogens is 376 g/mol. The molecule has 0 atom stereocenters. The molecule has 8 heteroatoms. The molecule has 26 heavy (non-hydrogen) atoms. The van der Waals surface area contributed by atoms with Crippen LogP contribution >= 0.6 is 11.6 Å². The van der Waals surface area contributed by atoms with Gasteiger partial charge in [0.15, 0.2) is 5.78 Å². The van der Waals surface area contributed by atoms with Crippen LogP contribution in [0.4, 0.5) is 0 Å². The summed E-state index contributed by atoms with van der Waals surface area (Å²) in [6, 6.07) is 11.8. The van der Waals surface area contributed by atoms with Crippen molar-refractivity contribution in [2.45, 2.75) is 18.9 Å². The Balaban J connectivity index is 1.55. The normalized spacial score (nSPS) is 16.3. The third-order valence-electron chi connectivity index (χ3n) is 4.19. The molecule has 1 aromatic carbocycles. The largest absolute Gasteiger partial charge is 0.474 e. The highest BCUT2D eigenvalue weighted by Gasteiger charge is 2.30. The van der Waals surface area contributed by atoms with Crippen molar-refractivity contribution in [2.24, 2.45) is 0 Å². The molecular formula is C18H19ClN2O4S. The molecule has 0 bridgehead atoms. The van der Waals surface area contributed by atoms with Crippen LogP contribution < -0.4 is 4.74 Å². The van der Waals surface area contributed by atoms with Gasteiger partial charge in [0.1, 0.15) is 11.9 Å². The van der Waals surface area contributed by atoms with Gasteiger partial charge in [-0.2, -0.15) is 0 Å². The van der Waals surface area contributed by atoms with E-state index in [2.05, 4.69) is 4.98 Å². The van der Waals surface area contributed by atoms with Crippen molar-refractivity contribution >= 4 is 27.4 Å². The van der Waals surface area contributed by atoms with Crippen molar-refractivity contribution in [3.8, 4) is 5.88 Å². The van der Waals surface area contributed by atoms with Gasteiger partial charge in [0.05, 0.1) is 5.02 Å². The summed E-state index contributed by atoms with van der Waals surface area (Å²) in [6.07, 6.45) is 2.48. The number of halogens is 1. The summed E-state index contributed by atoms with van der Waals surface area (Å²) in [5.74, 6) is -0.439. The molecule has 3 rings (SSSR count). The number of ether oxygens (including phenoxy) is 1. The zero-order valence-electron chi connectivity index (χ0n) is 14.0. The van der Waals surface area contributed by atoms with Gasteiger partial charge in [-0.3, -0.25) is 4.79 Å². The van der Waals surface area contributed by atoms with E-state index in [9.17, 15) is 13.2 Å². The van der Waals surface area contributed by atoms with Crippen molar-refractivity contribution in [1.82, 2.24) is 9.29 Å². The van der Waals surface area contributed by atoms with Crippen LogP contribution in [0.15, 0.2) is 48.7 Å². The second-order valence-corrected chi connectivity index (χ2v) is 8.48. The fraction of sp³-hybridized carbons (Fsp3) is 0.333. The van der Waals surface area contributed by atoms with Crippen molar-refractivity contribution in [2.75, 3.05) is 18.8 Å². The van der Waals surface area contributed by atoms with E-state index in [1.54, 1.807) is 42.5 Å². The monoisotopic (exact) mass is 394 g/mol. The van der Waals surface area contributed by atoms with E-state index in [1.807, 2.05) is 0 Å². The molecule has 1 aromatic heterocycles. The highest BCUT2D eigenvalue weighted by molar-refractivity contribution is 7.89. The van der Waals surface area contributed by atoms with E-state index in [1.165, 1.54) is 10.5 Å². The highest BCUT2D eigenvalue weighted by atomic mass is 35.5. The number of aromatic nitrogens is 1. The Labute approximate surface area is 157 Å². The minimum absolute atomic E-state index is 0.111. The average molecular weight is 395 g/mol. The molecule has 2 heterocycles. The Bertz CT molecular complexity index is 849. The maximum atomic E-state index is 12.5. The highest BCUT2D eigenvalue weighted by Crippen LogP contribution is 2.20. The molecule has 1 saturated heterocycles. The molecule has 6 nitrogen and oxygen atoms in total. The van der Waals surface area contributed by atoms with Crippen LogP contribution in [0.2, 0.25) is 5.02 Å². The Hall–Kier alpha value is -1.96. The van der Waals surface area contributed by atoms with Crippen molar-refractivity contribution in [3.63, 3.8) is 0 Å². The second kappa shape index (κ2) is 8.16. The molecule has 1 fully saturated rings. The molecule has 138 valence electrons. The second-order valence-electron chi connectivity index (χ2n) is 6.08. The van der Waals surface area contributed by atoms with Gasteiger partial charge in [-0.1, -0.05) is 41.9 Å². The first kappa shape index (κ1) is 18.8. The number of piperidine rings is 1. The molecule has 0 saturated carbocycles. The van der Waals surface area contributed by atoms with Crippen LogP contribution in [0.1, 0.15) is 23.2 Å². The van der Waals surface area contributed by atoms with Gasteiger partial charge < -0.3 is 4.74 Å². The zero-order valence-corrected chi connectivity index (χ0v) is 15.6. The number of hydrogen-bond acceptors (Lipinski definition) is 5. The smallest absolute Gasteiger partial charge is 0.221 e. The maximum Gasteiger partial charge on any atom is 0.221 e. The lowest BCUT2D eigenvalue weighted by molar-refractivity contribution is 0.101. The molecule has 0 N–H and O–H groups in total. The molecule has 2 aromatic rings. The molecule has 0 unspecified atom stereocenters. The summed E-state index contributed by atoms with van der Waals surface area (Å²) in [7, 11) is -3.64. The van der Waals surface area contributed by atoms with Crippen molar-refractivity contribution in [1.29, 1.82) is 0 Å². The summed E-state index contributed by atoms with van der Waals surface area (Å²) in [5.41, 5.74) is 0.406. The topological polar surface area (TPSA) is 76.6 Å². The lowest BCUT2D eigenvalue weighted by atomic mass is 10.1. The van der Waals surface area contributed by atoms with Crippen molar-refractivity contribution < 1.29 is 17.9 Å². The minimum atomic E-state index is -3.64. The van der Waals surface area contributed by atoms with Crippen molar-refractivity contribution in [3.05, 3.63) is 59.2 Å². The fourth-order valence-electron chi connectivity index (χ4n) is 2.80. The molecule has 1 aliphatic rings. The number of hydrogen-bond donors (Lipinski definition) is 0. The average Bonchev–Trinajstić information content (AvgIpc) is 2.64. The van der Waals surface area contributed by atoms with Crippen LogP contribution in [0.3, 0.4) is 0 Å². The Morgan fingerprint density at radius 2 is 1.85 bits per heavy atom. The van der Waals surface area contributed by atoms with E-state index in [0.717, 1.165) is 0 Å². The first-order chi connectivity index (χ1) is 12.4. The minimum Gasteiger partial charge on any atom is -0.474 e. The zero-order chi connectivity index (χ0) is 18.6. The molecule has 0 radical (unpaired) electrons. The molecule has 0 spiro atoms. The van der Waals surface area contributed by atoms with Gasteiger partial charge in [-0.25, -0.2) is 17.7 Å². The van der Waals surface area contributed by atoms with E-state index in [4.69, 9.17) is 16.3 Å². The molecule has 1 aliphatic heterocycles. The number of ketones is 1. The van der Waals surface area contributed by atoms with Crippen LogP contribution in [0.25, 0.3) is 0 Å². The number of pyridine rings is 1. The lowest BCUT2D eigenvalue weighted by Gasteiger charge is -2.31. The van der Waals surface area contributed by atoms with Gasteiger partial charge in [0.2, 0.25) is 15.9 Å². The quantitative estimate of drug-likeness (QED) is 0.704. The van der Waals surface area contributed by atoms with Crippen LogP contribution in [0, 0.1) is 0 Å². The van der Waals surface area contributed by atoms with Gasteiger partial charge in [0, 0.05) is 30.9 Å². The lowest BCUT2D eigenvalue weighted by Crippen LogP contribution is -2.43. The number of Topliss-reactive ketones (excluding diaryl/α,β-unsaturated/α-hetero) is 1. The predicted molar refractivity (Wildman–Crippen MR) is 99.0 cm³/mol. The summed E-state index contributed by atoms with van der Waals surface area (Å²) < 4.78 is 32.1. The fourth-order valence-corrected chi connectivity index (χ4v) is 4.35. The number of benzene rings is 1. The number of sulfonamides is 1. The third-order valence-corrected chi connectivity index (χ3v) is 6.19. The Morgan fingerprint density at radius 1 is 1.15 bits per heavy atom. The summed E-state index contributed by atoms with van der Waals surface area (Å²) in [5, 5.41) is 0.529. The van der Waals surface area contributed by atoms with E-state index < -0.39 is 21.6 Å². The van der Waals surface area contributed by atoms with Gasteiger partial charge in [-0.05, 0) is 18.9 Å². The van der Waals surface area contributed by atoms with Crippen LogP contribution in [-0.2, 0) is 10.0 Å².